The van der Waals surface area contributed by atoms with Gasteiger partial charge in [-0.15, -0.1) is 0 Å². The van der Waals surface area contributed by atoms with Crippen LogP contribution in [0.3, 0.4) is 0 Å². The number of nitrogens with zero attached hydrogens (tertiary/aromatic N) is 1. The van der Waals surface area contributed by atoms with Crippen molar-refractivity contribution >= 4 is 7.82 Å². The van der Waals surface area contributed by atoms with E-state index < -0.39 is 7.82 Å². The van der Waals surface area contributed by atoms with Crippen LogP contribution < -0.4 is 9.46 Å². The molecule has 0 aromatic carbocycles. The first-order chi connectivity index (χ1) is 7.43. The normalized spacial score (nSPS) is 10.8. The maximum atomic E-state index is 10.4. The van der Waals surface area contributed by atoms with Gasteiger partial charge in [0, 0.05) is 6.92 Å². The fourth-order valence-electron chi connectivity index (χ4n) is 0.837. The van der Waals surface area contributed by atoms with E-state index in [0.29, 0.717) is 0 Å². The zero-order chi connectivity index (χ0) is 12.6. The molecule has 16 heavy (non-hydrogen) atoms. The van der Waals surface area contributed by atoms with Crippen molar-refractivity contribution in [2.24, 2.45) is 7.05 Å². The van der Waals surface area contributed by atoms with Crippen molar-refractivity contribution in [2.45, 2.75) is 20.8 Å². The lowest BCUT2D eigenvalue weighted by Crippen LogP contribution is -2.27. The molecule has 0 radical (unpaired) electrons. The van der Waals surface area contributed by atoms with Gasteiger partial charge in [-0.3, -0.25) is 4.57 Å². The van der Waals surface area contributed by atoms with Crippen LogP contribution in [0, 0.1) is 6.92 Å². The SMILES string of the molecule is CCOP(=O)([O-])OCC.Cc1[nH]cc[n+]1C. The number of hydrogen-bond donors (Lipinski definition) is 1. The lowest BCUT2D eigenvalue weighted by molar-refractivity contribution is -0.676. The predicted octanol–water partition coefficient (Wildman–Crippen LogP) is 0.675. The maximum Gasteiger partial charge on any atom is 0.267 e. The highest BCUT2D eigenvalue weighted by atomic mass is 31.2. The molecule has 0 aliphatic rings. The molecule has 1 aromatic heterocycles. The van der Waals surface area contributed by atoms with Gasteiger partial charge in [-0.05, 0) is 13.8 Å². The summed E-state index contributed by atoms with van der Waals surface area (Å²) in [5.41, 5.74) is 0. The molecule has 6 nitrogen and oxygen atoms in total. The van der Waals surface area contributed by atoms with Crippen molar-refractivity contribution in [2.75, 3.05) is 13.2 Å². The molecule has 0 aliphatic heterocycles. The van der Waals surface area contributed by atoms with Gasteiger partial charge in [0.1, 0.15) is 12.4 Å². The molecule has 0 aliphatic carbocycles. The predicted molar refractivity (Wildman–Crippen MR) is 57.6 cm³/mol. The Bertz CT molecular complexity index is 314. The molecule has 1 rings (SSSR count). The topological polar surface area (TPSA) is 78.3 Å². The number of aryl methyl sites for hydroxylation is 2. The Morgan fingerprint density at radius 2 is 1.94 bits per heavy atom. The van der Waals surface area contributed by atoms with Crippen molar-refractivity contribution in [1.82, 2.24) is 4.98 Å². The molecule has 0 fully saturated rings. The number of phosphoric ester groups is 1. The number of imidazole rings is 1. The molecule has 0 bridgehead atoms. The summed E-state index contributed by atoms with van der Waals surface area (Å²) in [6, 6.07) is 0. The van der Waals surface area contributed by atoms with Gasteiger partial charge in [-0.1, -0.05) is 0 Å². The highest BCUT2D eigenvalue weighted by molar-refractivity contribution is 7.45. The second-order valence-electron chi connectivity index (χ2n) is 2.94. The van der Waals surface area contributed by atoms with Gasteiger partial charge in [0.15, 0.2) is 0 Å². The maximum absolute atomic E-state index is 10.4. The van der Waals surface area contributed by atoms with Crippen LogP contribution in [0.2, 0.25) is 0 Å². The van der Waals surface area contributed by atoms with E-state index in [-0.39, 0.29) is 13.2 Å². The highest BCUT2D eigenvalue weighted by Gasteiger charge is 2.04. The summed E-state index contributed by atoms with van der Waals surface area (Å²) in [6.45, 7) is 5.45. The summed E-state index contributed by atoms with van der Waals surface area (Å²) >= 11 is 0. The second kappa shape index (κ2) is 7.57. The van der Waals surface area contributed by atoms with Crippen LogP contribution in [-0.4, -0.2) is 18.2 Å². The molecule has 7 heteroatoms. The van der Waals surface area contributed by atoms with Crippen molar-refractivity contribution in [3.8, 4) is 0 Å². The number of H-pyrrole nitrogens is 1. The molecule has 0 saturated carbocycles. The minimum absolute atomic E-state index is 0.126. The summed E-state index contributed by atoms with van der Waals surface area (Å²) in [5.74, 6) is 1.18. The zero-order valence-corrected chi connectivity index (χ0v) is 11.0. The average Bonchev–Trinajstić information content (AvgIpc) is 2.51. The molecule has 0 atom stereocenters. The van der Waals surface area contributed by atoms with Crippen molar-refractivity contribution < 1.29 is 23.1 Å². The largest absolute Gasteiger partial charge is 0.756 e. The number of hydrogen-bond acceptors (Lipinski definition) is 4. The number of nitrogens with one attached hydrogen (secondary N) is 1. The fraction of sp³-hybridized carbons (Fsp3) is 0.667. The third-order valence-corrected chi connectivity index (χ3v) is 2.84. The second-order valence-corrected chi connectivity index (χ2v) is 4.35. The number of rotatable bonds is 4. The van der Waals surface area contributed by atoms with Gasteiger partial charge in [-0.2, -0.15) is 0 Å². The first kappa shape index (κ1) is 15.3. The van der Waals surface area contributed by atoms with E-state index >= 15 is 0 Å². The van der Waals surface area contributed by atoms with Gasteiger partial charge in [-0.25, -0.2) is 9.55 Å². The van der Waals surface area contributed by atoms with Crippen molar-refractivity contribution in [3.05, 3.63) is 18.2 Å². The first-order valence-electron chi connectivity index (χ1n) is 5.02. The lowest BCUT2D eigenvalue weighted by atomic mass is 10.7. The van der Waals surface area contributed by atoms with Crippen LogP contribution in [0.5, 0.6) is 0 Å². The Morgan fingerprint density at radius 1 is 1.44 bits per heavy atom. The number of aromatic nitrogens is 2. The van der Waals surface area contributed by atoms with Crippen LogP contribution in [-0.2, 0) is 20.7 Å². The van der Waals surface area contributed by atoms with Crippen molar-refractivity contribution in [3.63, 3.8) is 0 Å². The lowest BCUT2D eigenvalue weighted by Gasteiger charge is -2.20. The van der Waals surface area contributed by atoms with E-state index in [0.717, 1.165) is 0 Å². The third-order valence-electron chi connectivity index (χ3n) is 1.69. The van der Waals surface area contributed by atoms with Gasteiger partial charge >= 0.3 is 0 Å². The third kappa shape index (κ3) is 6.74. The molecule has 1 heterocycles. The van der Waals surface area contributed by atoms with Crippen LogP contribution >= 0.6 is 7.82 Å². The Morgan fingerprint density at radius 3 is 2.12 bits per heavy atom. The van der Waals surface area contributed by atoms with Gasteiger partial charge in [0.2, 0.25) is 0 Å². The summed E-state index contributed by atoms with van der Waals surface area (Å²) < 4.78 is 20.9. The molecule has 1 aromatic rings. The van der Waals surface area contributed by atoms with Gasteiger partial charge < -0.3 is 13.9 Å². The molecule has 94 valence electrons. The number of phosphoric acid groups is 1. The molecule has 0 unspecified atom stereocenters. The molecular formula is C9H19N2O4P. The summed E-state index contributed by atoms with van der Waals surface area (Å²) in [7, 11) is -1.94. The minimum atomic E-state index is -3.94. The Balaban J connectivity index is 0.000000288. The molecule has 0 saturated heterocycles. The first-order valence-corrected chi connectivity index (χ1v) is 6.48. The van der Waals surface area contributed by atoms with Gasteiger partial charge in [0.25, 0.3) is 13.6 Å². The van der Waals surface area contributed by atoms with Crippen LogP contribution in [0.15, 0.2) is 12.4 Å². The number of aromatic amines is 1. The average molecular weight is 250 g/mol. The Labute approximate surface area is 95.8 Å². The Kier molecular flexibility index (Phi) is 7.25. The smallest absolute Gasteiger partial charge is 0.267 e. The monoisotopic (exact) mass is 250 g/mol. The van der Waals surface area contributed by atoms with Crippen LogP contribution in [0.1, 0.15) is 19.7 Å². The van der Waals surface area contributed by atoms with Crippen LogP contribution in [0.4, 0.5) is 0 Å². The van der Waals surface area contributed by atoms with E-state index in [1.54, 1.807) is 13.8 Å². The molecule has 1 N–H and O–H groups in total. The minimum Gasteiger partial charge on any atom is -0.756 e. The molecule has 0 amide bonds. The van der Waals surface area contributed by atoms with E-state index in [2.05, 4.69) is 14.0 Å². The summed E-state index contributed by atoms with van der Waals surface area (Å²) in [5, 5.41) is 0. The van der Waals surface area contributed by atoms with Crippen molar-refractivity contribution in [1.29, 1.82) is 0 Å². The standard InChI is InChI=1S/C5H8N2.C4H11O4P/c1-5-6-3-4-7(5)2;1-3-7-9(5,6)8-4-2/h3-4H,1-2H3;3-4H2,1-2H3,(H,5,6). The van der Waals surface area contributed by atoms with Crippen LogP contribution in [0.25, 0.3) is 0 Å². The molecule has 0 spiro atoms. The summed E-state index contributed by atoms with van der Waals surface area (Å²) in [6.07, 6.45) is 3.89. The van der Waals surface area contributed by atoms with E-state index in [4.69, 9.17) is 0 Å². The van der Waals surface area contributed by atoms with E-state index in [1.165, 1.54) is 5.82 Å². The quantitative estimate of drug-likeness (QED) is 0.629. The zero-order valence-electron chi connectivity index (χ0n) is 10.1. The molecular weight excluding hydrogens is 231 g/mol. The van der Waals surface area contributed by atoms with E-state index in [9.17, 15) is 9.46 Å². The summed E-state index contributed by atoms with van der Waals surface area (Å²) in [4.78, 5) is 13.4. The van der Waals surface area contributed by atoms with Gasteiger partial charge in [0.05, 0.1) is 20.3 Å². The Hall–Kier alpha value is -0.680. The van der Waals surface area contributed by atoms with E-state index in [1.807, 2.05) is 30.9 Å². The highest BCUT2D eigenvalue weighted by Crippen LogP contribution is 2.37. The fourth-order valence-corrected chi connectivity index (χ4v) is 1.54.